The van der Waals surface area contributed by atoms with E-state index in [-0.39, 0.29) is 11.6 Å². The van der Waals surface area contributed by atoms with Gasteiger partial charge in [-0.2, -0.15) is 0 Å². The van der Waals surface area contributed by atoms with Crippen LogP contribution < -0.4 is 9.47 Å². The molecule has 0 aromatic heterocycles. The smallest absolute Gasteiger partial charge is 0.185 e. The third-order valence-corrected chi connectivity index (χ3v) is 6.64. The summed E-state index contributed by atoms with van der Waals surface area (Å²) in [5, 5.41) is 0. The monoisotopic (exact) mass is 550 g/mol. The summed E-state index contributed by atoms with van der Waals surface area (Å²) in [5.41, 5.74) is 5.24. The lowest BCUT2D eigenvalue weighted by atomic mass is 10.1. The average Bonchev–Trinajstić information content (AvgIpc) is 3.06. The van der Waals surface area contributed by atoms with Crippen LogP contribution in [0.1, 0.15) is 43.0 Å². The molecule has 0 N–H and O–H groups in total. The predicted molar refractivity (Wildman–Crippen MR) is 168 cm³/mol. The van der Waals surface area contributed by atoms with Crippen molar-refractivity contribution in [3.05, 3.63) is 179 Å². The van der Waals surface area contributed by atoms with E-state index in [0.29, 0.717) is 24.3 Å². The molecular weight excluding hydrogens is 520 g/mol. The highest BCUT2D eigenvalue weighted by atomic mass is 16.5. The van der Waals surface area contributed by atoms with Crippen LogP contribution in [0.15, 0.2) is 146 Å². The van der Waals surface area contributed by atoms with Gasteiger partial charge in [0, 0.05) is 11.1 Å². The van der Waals surface area contributed by atoms with Crippen molar-refractivity contribution in [1.29, 1.82) is 0 Å². The third-order valence-electron chi connectivity index (χ3n) is 6.64. The minimum Gasteiger partial charge on any atom is -0.489 e. The van der Waals surface area contributed by atoms with Crippen molar-refractivity contribution in [3.8, 4) is 11.5 Å². The van der Waals surface area contributed by atoms with E-state index in [2.05, 4.69) is 0 Å². The lowest BCUT2D eigenvalue weighted by Crippen LogP contribution is -2.03. The summed E-state index contributed by atoms with van der Waals surface area (Å²) in [6, 6.07) is 41.7. The molecule has 0 atom stereocenters. The zero-order chi connectivity index (χ0) is 29.0. The molecule has 0 heterocycles. The highest BCUT2D eigenvalue weighted by Crippen LogP contribution is 2.20. The van der Waals surface area contributed by atoms with Crippen LogP contribution in [-0.2, 0) is 13.2 Å². The van der Waals surface area contributed by atoms with E-state index in [4.69, 9.17) is 9.47 Å². The molecule has 5 aromatic carbocycles. The van der Waals surface area contributed by atoms with E-state index < -0.39 is 0 Å². The Balaban J connectivity index is 1.12. The van der Waals surface area contributed by atoms with Crippen molar-refractivity contribution in [1.82, 2.24) is 0 Å². The van der Waals surface area contributed by atoms with Gasteiger partial charge in [0.15, 0.2) is 11.6 Å². The lowest BCUT2D eigenvalue weighted by molar-refractivity contribution is 0.103. The number of rotatable bonds is 12. The predicted octanol–water partition coefficient (Wildman–Crippen LogP) is 8.64. The Labute approximate surface area is 246 Å². The van der Waals surface area contributed by atoms with E-state index in [9.17, 15) is 9.59 Å². The lowest BCUT2D eigenvalue weighted by Gasteiger charge is -2.13. The van der Waals surface area contributed by atoms with Crippen LogP contribution in [0.4, 0.5) is 0 Å². The van der Waals surface area contributed by atoms with E-state index >= 15 is 0 Å². The summed E-state index contributed by atoms with van der Waals surface area (Å²) in [4.78, 5) is 24.6. The number of hydrogen-bond donors (Lipinski definition) is 0. The minimum absolute atomic E-state index is 0.0298. The molecule has 0 amide bonds. The molecule has 0 unspecified atom stereocenters. The van der Waals surface area contributed by atoms with Gasteiger partial charge in [-0.25, -0.2) is 0 Å². The van der Waals surface area contributed by atoms with E-state index in [0.717, 1.165) is 33.8 Å². The Kier molecular flexibility index (Phi) is 9.51. The van der Waals surface area contributed by atoms with Crippen LogP contribution in [0.5, 0.6) is 11.5 Å². The summed E-state index contributed by atoms with van der Waals surface area (Å²) >= 11 is 0. The van der Waals surface area contributed by atoms with Gasteiger partial charge in [0.1, 0.15) is 24.7 Å². The van der Waals surface area contributed by atoms with Gasteiger partial charge in [-0.1, -0.05) is 121 Å². The Hall–Kier alpha value is -5.48. The summed E-state index contributed by atoms with van der Waals surface area (Å²) in [7, 11) is 0. The maximum absolute atomic E-state index is 12.3. The van der Waals surface area contributed by atoms with Crippen LogP contribution in [0.2, 0.25) is 0 Å². The molecule has 0 bridgehead atoms. The Morgan fingerprint density at radius 3 is 1.19 bits per heavy atom. The quantitative estimate of drug-likeness (QED) is 0.115. The molecule has 0 fully saturated rings. The summed E-state index contributed by atoms with van der Waals surface area (Å²) in [6.45, 7) is 0.806. The third kappa shape index (κ3) is 8.03. The molecule has 4 heteroatoms. The largest absolute Gasteiger partial charge is 0.489 e. The Morgan fingerprint density at radius 1 is 0.452 bits per heavy atom. The van der Waals surface area contributed by atoms with Gasteiger partial charge >= 0.3 is 0 Å². The van der Waals surface area contributed by atoms with Crippen molar-refractivity contribution in [2.24, 2.45) is 0 Å². The first kappa shape index (κ1) is 28.1. The summed E-state index contributed by atoms with van der Waals surface area (Å²) in [5.74, 6) is 1.43. The molecule has 0 aliphatic heterocycles. The average molecular weight is 551 g/mol. The number of hydrogen-bond acceptors (Lipinski definition) is 4. The normalized spacial score (nSPS) is 11.0. The molecule has 0 spiro atoms. The van der Waals surface area contributed by atoms with Crippen molar-refractivity contribution in [3.63, 3.8) is 0 Å². The fourth-order valence-corrected chi connectivity index (χ4v) is 4.25. The number of allylic oxidation sites excluding steroid dienone is 2. The fraction of sp³-hybridized carbons (Fsp3) is 0.0526. The maximum atomic E-state index is 12.3. The standard InChI is InChI=1S/C38H30O4/c39-37(31-9-3-1-4-10-31)25-19-29-15-21-35(22-16-29)41-27-33-13-7-8-14-34(33)28-42-36-23-17-30(18-24-36)20-26-38(40)32-11-5-2-6-12-32/h1-26H,27-28H2/b25-19+,26-20+. The molecule has 5 aromatic rings. The summed E-state index contributed by atoms with van der Waals surface area (Å²) < 4.78 is 12.1. The van der Waals surface area contributed by atoms with Crippen LogP contribution >= 0.6 is 0 Å². The van der Waals surface area contributed by atoms with Gasteiger partial charge in [0.25, 0.3) is 0 Å². The molecule has 206 valence electrons. The highest BCUT2D eigenvalue weighted by Gasteiger charge is 2.06. The van der Waals surface area contributed by atoms with Gasteiger partial charge in [0.05, 0.1) is 0 Å². The molecule has 4 nitrogen and oxygen atoms in total. The first-order valence-electron chi connectivity index (χ1n) is 13.7. The van der Waals surface area contributed by atoms with Gasteiger partial charge in [0.2, 0.25) is 0 Å². The second-order valence-corrected chi connectivity index (χ2v) is 9.61. The van der Waals surface area contributed by atoms with E-state index in [1.807, 2.05) is 109 Å². The molecule has 42 heavy (non-hydrogen) atoms. The molecule has 0 radical (unpaired) electrons. The Bertz CT molecular complexity index is 1540. The first-order valence-corrected chi connectivity index (χ1v) is 13.7. The van der Waals surface area contributed by atoms with Gasteiger partial charge in [-0.3, -0.25) is 9.59 Å². The van der Waals surface area contributed by atoms with E-state index in [1.165, 1.54) is 0 Å². The molecule has 0 aliphatic carbocycles. The zero-order valence-electron chi connectivity index (χ0n) is 23.1. The van der Waals surface area contributed by atoms with Gasteiger partial charge in [-0.15, -0.1) is 0 Å². The van der Waals surface area contributed by atoms with Crippen molar-refractivity contribution >= 4 is 23.7 Å². The van der Waals surface area contributed by atoms with Crippen LogP contribution in [0.25, 0.3) is 12.2 Å². The molecule has 0 saturated heterocycles. The number of benzene rings is 5. The van der Waals surface area contributed by atoms with Crippen LogP contribution in [0.3, 0.4) is 0 Å². The van der Waals surface area contributed by atoms with Crippen molar-refractivity contribution in [2.45, 2.75) is 13.2 Å². The number of carbonyl (C=O) groups excluding carboxylic acids is 2. The number of carbonyl (C=O) groups is 2. The second kappa shape index (κ2) is 14.2. The minimum atomic E-state index is -0.0298. The second-order valence-electron chi connectivity index (χ2n) is 9.61. The van der Waals surface area contributed by atoms with E-state index in [1.54, 1.807) is 48.6 Å². The zero-order valence-corrected chi connectivity index (χ0v) is 23.1. The number of ether oxygens (including phenoxy) is 2. The summed E-state index contributed by atoms with van der Waals surface area (Å²) in [6.07, 6.45) is 6.77. The van der Waals surface area contributed by atoms with Gasteiger partial charge in [-0.05, 0) is 58.7 Å². The van der Waals surface area contributed by atoms with Crippen LogP contribution in [-0.4, -0.2) is 11.6 Å². The SMILES string of the molecule is O=C(/C=C/c1ccc(OCc2ccccc2COc2ccc(/C=C/C(=O)c3ccccc3)cc2)cc1)c1ccccc1. The highest BCUT2D eigenvalue weighted by molar-refractivity contribution is 6.07. The molecular formula is C38H30O4. The first-order chi connectivity index (χ1) is 20.6. The molecule has 0 saturated carbocycles. The number of ketones is 2. The van der Waals surface area contributed by atoms with Crippen LogP contribution in [0, 0.1) is 0 Å². The topological polar surface area (TPSA) is 52.6 Å². The molecule has 0 aliphatic rings. The van der Waals surface area contributed by atoms with Gasteiger partial charge < -0.3 is 9.47 Å². The van der Waals surface area contributed by atoms with Crippen molar-refractivity contribution < 1.29 is 19.1 Å². The fourth-order valence-electron chi connectivity index (χ4n) is 4.25. The van der Waals surface area contributed by atoms with Crippen molar-refractivity contribution in [2.75, 3.05) is 0 Å². The molecule has 5 rings (SSSR count). The maximum Gasteiger partial charge on any atom is 0.185 e. The Morgan fingerprint density at radius 2 is 0.810 bits per heavy atom.